The van der Waals surface area contributed by atoms with Gasteiger partial charge in [-0.3, -0.25) is 5.73 Å². The maximum absolute atomic E-state index is 8.15. The van der Waals surface area contributed by atoms with Gasteiger partial charge in [-0.15, -0.1) is 0 Å². The van der Waals surface area contributed by atoms with Crippen molar-refractivity contribution in [3.63, 3.8) is 0 Å². The van der Waals surface area contributed by atoms with Gasteiger partial charge in [-0.1, -0.05) is 0 Å². The zero-order valence-corrected chi connectivity index (χ0v) is 6.07. The van der Waals surface area contributed by atoms with Crippen molar-refractivity contribution in [2.24, 2.45) is 0 Å². The van der Waals surface area contributed by atoms with Gasteiger partial charge in [0.25, 0.3) is 0 Å². The summed E-state index contributed by atoms with van der Waals surface area (Å²) in [6.45, 7) is 3.73. The quantitative estimate of drug-likeness (QED) is 0.530. The average Bonchev–Trinajstić information content (AvgIpc) is 1.63. The van der Waals surface area contributed by atoms with Crippen LogP contribution in [-0.4, -0.2) is 5.54 Å². The highest BCUT2D eigenvalue weighted by molar-refractivity contribution is 4.75. The van der Waals surface area contributed by atoms with Crippen LogP contribution >= 0.6 is 0 Å². The van der Waals surface area contributed by atoms with E-state index in [0.29, 0.717) is 6.42 Å². The standard InChI is InChI=1S/C7H13N2/c1-7(2,9)5-3-4-6-8/h9H,3-5H2,1-2H3. The van der Waals surface area contributed by atoms with Crippen molar-refractivity contribution in [2.75, 3.05) is 0 Å². The first-order valence-electron chi connectivity index (χ1n) is 3.18. The molecule has 0 saturated carbocycles. The van der Waals surface area contributed by atoms with Gasteiger partial charge in [0, 0.05) is 12.0 Å². The van der Waals surface area contributed by atoms with Crippen LogP contribution in [0.5, 0.6) is 0 Å². The van der Waals surface area contributed by atoms with E-state index in [0.717, 1.165) is 12.8 Å². The Balaban J connectivity index is 3.20. The van der Waals surface area contributed by atoms with E-state index in [2.05, 4.69) is 6.07 Å². The first kappa shape index (κ1) is 8.45. The fourth-order valence-corrected chi connectivity index (χ4v) is 0.609. The lowest BCUT2D eigenvalue weighted by atomic mass is 9.99. The summed E-state index contributed by atoms with van der Waals surface area (Å²) in [5.74, 6) is 0. The molecule has 51 valence electrons. The SMILES string of the molecule is CC(C)([NH])CCCC#N. The predicted molar refractivity (Wildman–Crippen MR) is 36.6 cm³/mol. The number of nitrogens with zero attached hydrogens (tertiary/aromatic N) is 1. The highest BCUT2D eigenvalue weighted by Gasteiger charge is 2.09. The minimum absolute atomic E-state index is 0.350. The maximum Gasteiger partial charge on any atom is 0.0621 e. The molecule has 0 spiro atoms. The van der Waals surface area contributed by atoms with Crippen LogP contribution in [0.1, 0.15) is 33.1 Å². The predicted octanol–water partition coefficient (Wildman–Crippen LogP) is 1.74. The van der Waals surface area contributed by atoms with E-state index in [-0.39, 0.29) is 5.54 Å². The Morgan fingerprint density at radius 3 is 2.44 bits per heavy atom. The summed E-state index contributed by atoms with van der Waals surface area (Å²) in [5.41, 5.74) is 7.05. The monoisotopic (exact) mass is 125 g/mol. The van der Waals surface area contributed by atoms with E-state index in [1.54, 1.807) is 0 Å². The highest BCUT2D eigenvalue weighted by Crippen LogP contribution is 2.09. The molecule has 2 nitrogen and oxygen atoms in total. The summed E-state index contributed by atoms with van der Waals surface area (Å²) in [6.07, 6.45) is 2.26. The van der Waals surface area contributed by atoms with E-state index in [9.17, 15) is 0 Å². The summed E-state index contributed by atoms with van der Waals surface area (Å²) in [4.78, 5) is 0. The minimum atomic E-state index is -0.350. The zero-order valence-electron chi connectivity index (χ0n) is 6.07. The van der Waals surface area contributed by atoms with Gasteiger partial charge in [-0.2, -0.15) is 5.26 Å². The number of rotatable bonds is 3. The van der Waals surface area contributed by atoms with Crippen molar-refractivity contribution in [2.45, 2.75) is 38.6 Å². The van der Waals surface area contributed by atoms with E-state index >= 15 is 0 Å². The van der Waals surface area contributed by atoms with Crippen LogP contribution in [-0.2, 0) is 0 Å². The topological polar surface area (TPSA) is 47.6 Å². The molecule has 2 heteroatoms. The molecular weight excluding hydrogens is 112 g/mol. The Morgan fingerprint density at radius 2 is 2.11 bits per heavy atom. The van der Waals surface area contributed by atoms with Crippen molar-refractivity contribution in [3.8, 4) is 6.07 Å². The molecule has 0 aliphatic carbocycles. The van der Waals surface area contributed by atoms with Gasteiger partial charge in [0.15, 0.2) is 0 Å². The molecule has 0 heterocycles. The van der Waals surface area contributed by atoms with Crippen LogP contribution < -0.4 is 5.73 Å². The molecule has 1 radical (unpaired) electrons. The summed E-state index contributed by atoms with van der Waals surface area (Å²) < 4.78 is 0. The molecule has 0 bridgehead atoms. The van der Waals surface area contributed by atoms with Crippen LogP contribution in [0.25, 0.3) is 0 Å². The number of nitriles is 1. The molecule has 9 heavy (non-hydrogen) atoms. The second-order valence-electron chi connectivity index (χ2n) is 2.90. The van der Waals surface area contributed by atoms with Crippen molar-refractivity contribution in [1.29, 1.82) is 5.26 Å². The Kier molecular flexibility index (Phi) is 3.26. The van der Waals surface area contributed by atoms with Crippen LogP contribution in [0.2, 0.25) is 0 Å². The molecule has 0 aliphatic rings. The Morgan fingerprint density at radius 1 is 1.56 bits per heavy atom. The largest absolute Gasteiger partial charge is 0.252 e. The summed E-state index contributed by atoms with van der Waals surface area (Å²) in [7, 11) is 0. The van der Waals surface area contributed by atoms with Crippen molar-refractivity contribution in [1.82, 2.24) is 5.73 Å². The Labute approximate surface area is 56.7 Å². The number of unbranched alkanes of at least 4 members (excludes halogenated alkanes) is 1. The second kappa shape index (κ2) is 3.47. The third-order valence-corrected chi connectivity index (χ3v) is 1.09. The zero-order chi connectivity index (χ0) is 7.33. The van der Waals surface area contributed by atoms with Gasteiger partial charge in [0.1, 0.15) is 0 Å². The molecule has 0 saturated heterocycles. The van der Waals surface area contributed by atoms with Gasteiger partial charge in [-0.25, -0.2) is 0 Å². The average molecular weight is 125 g/mol. The normalized spacial score (nSPS) is 10.9. The van der Waals surface area contributed by atoms with Gasteiger partial charge in [0.2, 0.25) is 0 Å². The molecule has 0 rings (SSSR count). The summed E-state index contributed by atoms with van der Waals surface area (Å²) in [6, 6.07) is 2.06. The van der Waals surface area contributed by atoms with E-state index in [1.165, 1.54) is 0 Å². The molecule has 0 aromatic carbocycles. The fourth-order valence-electron chi connectivity index (χ4n) is 0.609. The molecule has 0 aliphatic heterocycles. The second-order valence-corrected chi connectivity index (χ2v) is 2.90. The number of hydrogen-bond acceptors (Lipinski definition) is 1. The number of hydrogen-bond donors (Lipinski definition) is 0. The lowest BCUT2D eigenvalue weighted by Crippen LogP contribution is -2.20. The minimum Gasteiger partial charge on any atom is -0.252 e. The molecule has 0 amide bonds. The molecule has 0 aromatic heterocycles. The maximum atomic E-state index is 8.15. The lowest BCUT2D eigenvalue weighted by Gasteiger charge is -2.14. The molecule has 0 fully saturated rings. The van der Waals surface area contributed by atoms with Crippen molar-refractivity contribution in [3.05, 3.63) is 0 Å². The third kappa shape index (κ3) is 7.45. The molecule has 0 atom stereocenters. The van der Waals surface area contributed by atoms with E-state index in [1.807, 2.05) is 13.8 Å². The summed E-state index contributed by atoms with van der Waals surface area (Å²) in [5, 5.41) is 8.15. The van der Waals surface area contributed by atoms with Crippen molar-refractivity contribution < 1.29 is 0 Å². The smallest absolute Gasteiger partial charge is 0.0621 e. The van der Waals surface area contributed by atoms with Gasteiger partial charge in [-0.05, 0) is 26.7 Å². The van der Waals surface area contributed by atoms with Crippen LogP contribution in [0.15, 0.2) is 0 Å². The highest BCUT2D eigenvalue weighted by atomic mass is 14.7. The van der Waals surface area contributed by atoms with Crippen molar-refractivity contribution >= 4 is 0 Å². The van der Waals surface area contributed by atoms with Crippen LogP contribution in [0.4, 0.5) is 0 Å². The van der Waals surface area contributed by atoms with E-state index < -0.39 is 0 Å². The van der Waals surface area contributed by atoms with Crippen LogP contribution in [0, 0.1) is 11.3 Å². The lowest BCUT2D eigenvalue weighted by molar-refractivity contribution is 0.446. The fraction of sp³-hybridized carbons (Fsp3) is 0.857. The molecule has 0 unspecified atom stereocenters. The molecule has 1 N–H and O–H groups in total. The van der Waals surface area contributed by atoms with Gasteiger partial charge < -0.3 is 0 Å². The molecule has 0 aromatic rings. The van der Waals surface area contributed by atoms with Gasteiger partial charge in [0.05, 0.1) is 6.07 Å². The Bertz CT molecular complexity index is 105. The molecular formula is C7H13N2. The number of nitrogens with one attached hydrogen (secondary N) is 1. The first-order valence-corrected chi connectivity index (χ1v) is 3.18. The van der Waals surface area contributed by atoms with Gasteiger partial charge >= 0.3 is 0 Å². The summed E-state index contributed by atoms with van der Waals surface area (Å²) >= 11 is 0. The third-order valence-electron chi connectivity index (χ3n) is 1.09. The van der Waals surface area contributed by atoms with E-state index in [4.69, 9.17) is 11.0 Å². The Hall–Kier alpha value is -0.550. The van der Waals surface area contributed by atoms with Crippen LogP contribution in [0.3, 0.4) is 0 Å². The first-order chi connectivity index (χ1) is 4.06.